The third kappa shape index (κ3) is 3.25. The van der Waals surface area contributed by atoms with Crippen LogP contribution in [-0.2, 0) is 0 Å². The minimum atomic E-state index is -0.311. The Labute approximate surface area is 190 Å². The zero-order chi connectivity index (χ0) is 22.5. The monoisotopic (exact) mass is 442 g/mol. The summed E-state index contributed by atoms with van der Waals surface area (Å²) in [6.07, 6.45) is 7.30. The van der Waals surface area contributed by atoms with Gasteiger partial charge in [-0.05, 0) is 43.2 Å². The standard InChI is InChI=1S/C25H23FN6O/c1-16-3-6-22(32-9-2-8-28-32)19(15-33)25(16)31-13-17-7-10-30(14-23(17)31)24-12-27-21-11-18(26)4-5-20(21)29-24/h2-6,8-9,11-12,15,17,23H,7,10,13-14H2,1H3/t17-,23-/m1/s1. The summed E-state index contributed by atoms with van der Waals surface area (Å²) in [7, 11) is 0. The summed E-state index contributed by atoms with van der Waals surface area (Å²) in [5, 5.41) is 4.32. The quantitative estimate of drug-likeness (QED) is 0.448. The van der Waals surface area contributed by atoms with Crippen LogP contribution in [0.25, 0.3) is 16.7 Å². The zero-order valence-electron chi connectivity index (χ0n) is 18.2. The molecule has 0 radical (unpaired) electrons. The van der Waals surface area contributed by atoms with E-state index in [0.29, 0.717) is 22.5 Å². The van der Waals surface area contributed by atoms with E-state index < -0.39 is 0 Å². The molecule has 0 unspecified atom stereocenters. The van der Waals surface area contributed by atoms with Crippen LogP contribution < -0.4 is 9.80 Å². The van der Waals surface area contributed by atoms with E-state index in [9.17, 15) is 9.18 Å². The Morgan fingerprint density at radius 2 is 2.06 bits per heavy atom. The van der Waals surface area contributed by atoms with E-state index in [1.165, 1.54) is 12.1 Å². The van der Waals surface area contributed by atoms with Crippen LogP contribution in [-0.4, -0.2) is 51.7 Å². The number of fused-ring (bicyclic) bond motifs is 2. The molecule has 2 fully saturated rings. The Kier molecular flexibility index (Phi) is 4.60. The van der Waals surface area contributed by atoms with Crippen molar-refractivity contribution >= 4 is 28.8 Å². The smallest absolute Gasteiger partial charge is 0.154 e. The van der Waals surface area contributed by atoms with Crippen LogP contribution in [0.3, 0.4) is 0 Å². The first-order valence-electron chi connectivity index (χ1n) is 11.1. The molecule has 0 bridgehead atoms. The number of aldehydes is 1. The Morgan fingerprint density at radius 1 is 1.15 bits per heavy atom. The molecule has 4 aromatic rings. The third-order valence-corrected chi connectivity index (χ3v) is 6.92. The second-order valence-corrected chi connectivity index (χ2v) is 8.81. The molecule has 2 aromatic carbocycles. The second-order valence-electron chi connectivity index (χ2n) is 8.81. The minimum Gasteiger partial charge on any atom is -0.365 e. The number of aromatic nitrogens is 4. The predicted molar refractivity (Wildman–Crippen MR) is 125 cm³/mol. The summed E-state index contributed by atoms with van der Waals surface area (Å²) in [5.41, 5.74) is 4.77. The van der Waals surface area contributed by atoms with Gasteiger partial charge in [0.25, 0.3) is 0 Å². The maximum absolute atomic E-state index is 13.5. The van der Waals surface area contributed by atoms with Crippen molar-refractivity contribution in [2.75, 3.05) is 29.4 Å². The van der Waals surface area contributed by atoms with Crippen LogP contribution >= 0.6 is 0 Å². The summed E-state index contributed by atoms with van der Waals surface area (Å²) in [6.45, 7) is 4.70. The van der Waals surface area contributed by atoms with Gasteiger partial charge in [-0.2, -0.15) is 5.10 Å². The maximum atomic E-state index is 13.5. The molecule has 7 nitrogen and oxygen atoms in total. The highest BCUT2D eigenvalue weighted by Gasteiger charge is 2.44. The number of carbonyl (C=O) groups excluding carboxylic acids is 1. The van der Waals surface area contributed by atoms with Gasteiger partial charge in [-0.3, -0.25) is 9.78 Å². The Morgan fingerprint density at radius 3 is 2.88 bits per heavy atom. The fraction of sp³-hybridized carbons (Fsp3) is 0.280. The molecule has 0 amide bonds. The van der Waals surface area contributed by atoms with E-state index in [0.717, 1.165) is 55.1 Å². The lowest BCUT2D eigenvalue weighted by molar-refractivity contribution is 0.112. The van der Waals surface area contributed by atoms with Crippen molar-refractivity contribution in [1.82, 2.24) is 19.7 Å². The molecule has 2 saturated heterocycles. The van der Waals surface area contributed by atoms with Gasteiger partial charge in [-0.1, -0.05) is 6.07 Å². The van der Waals surface area contributed by atoms with Crippen molar-refractivity contribution in [2.45, 2.75) is 19.4 Å². The first-order valence-corrected chi connectivity index (χ1v) is 11.1. The zero-order valence-corrected chi connectivity index (χ0v) is 18.2. The molecule has 2 aliphatic heterocycles. The molecular formula is C25H23FN6O. The van der Waals surface area contributed by atoms with Crippen LogP contribution in [0.1, 0.15) is 22.3 Å². The maximum Gasteiger partial charge on any atom is 0.154 e. The molecule has 2 atom stereocenters. The highest BCUT2D eigenvalue weighted by molar-refractivity contribution is 5.91. The van der Waals surface area contributed by atoms with E-state index >= 15 is 0 Å². The van der Waals surface area contributed by atoms with Crippen molar-refractivity contribution in [3.8, 4) is 5.69 Å². The van der Waals surface area contributed by atoms with Crippen LogP contribution in [0, 0.1) is 18.7 Å². The van der Waals surface area contributed by atoms with Gasteiger partial charge in [0.1, 0.15) is 11.6 Å². The normalized spacial score (nSPS) is 19.9. The molecule has 2 aliphatic rings. The molecule has 0 spiro atoms. The summed E-state index contributed by atoms with van der Waals surface area (Å²) in [6, 6.07) is 10.6. The van der Waals surface area contributed by atoms with Gasteiger partial charge < -0.3 is 9.80 Å². The SMILES string of the molecule is Cc1ccc(-n2cccn2)c(C=O)c1N1C[C@H]2CCN(c3cnc4cc(F)ccc4n3)C[C@H]21. The van der Waals surface area contributed by atoms with E-state index in [-0.39, 0.29) is 11.9 Å². The molecule has 33 heavy (non-hydrogen) atoms. The molecule has 8 heteroatoms. The van der Waals surface area contributed by atoms with Gasteiger partial charge in [0.05, 0.1) is 40.2 Å². The average Bonchev–Trinajstić information content (AvgIpc) is 3.35. The number of nitrogens with zero attached hydrogens (tertiary/aromatic N) is 6. The molecule has 0 aliphatic carbocycles. The number of piperidine rings is 1. The van der Waals surface area contributed by atoms with Gasteiger partial charge in [-0.25, -0.2) is 14.1 Å². The van der Waals surface area contributed by atoms with Gasteiger partial charge in [0.2, 0.25) is 0 Å². The molecule has 4 heterocycles. The van der Waals surface area contributed by atoms with Crippen molar-refractivity contribution < 1.29 is 9.18 Å². The molecule has 6 rings (SSSR count). The van der Waals surface area contributed by atoms with Gasteiger partial charge >= 0.3 is 0 Å². The topological polar surface area (TPSA) is 67.2 Å². The van der Waals surface area contributed by atoms with Crippen LogP contribution in [0.15, 0.2) is 55.0 Å². The summed E-state index contributed by atoms with van der Waals surface area (Å²) < 4.78 is 15.2. The van der Waals surface area contributed by atoms with Gasteiger partial charge in [0.15, 0.2) is 6.29 Å². The molecule has 0 saturated carbocycles. The lowest BCUT2D eigenvalue weighted by Gasteiger charge is -2.55. The fourth-order valence-corrected chi connectivity index (χ4v) is 5.20. The molecular weight excluding hydrogens is 419 g/mol. The Hall–Kier alpha value is -3.81. The molecule has 166 valence electrons. The second kappa shape index (κ2) is 7.65. The summed E-state index contributed by atoms with van der Waals surface area (Å²) in [4.78, 5) is 26.0. The lowest BCUT2D eigenvalue weighted by atomic mass is 9.81. The summed E-state index contributed by atoms with van der Waals surface area (Å²) in [5.74, 6) is 1.07. The van der Waals surface area contributed by atoms with E-state index in [2.05, 4.69) is 32.9 Å². The van der Waals surface area contributed by atoms with Crippen molar-refractivity contribution in [1.29, 1.82) is 0 Å². The first kappa shape index (κ1) is 19.8. The van der Waals surface area contributed by atoms with Gasteiger partial charge in [0, 0.05) is 44.0 Å². The largest absolute Gasteiger partial charge is 0.365 e. The lowest BCUT2D eigenvalue weighted by Crippen LogP contribution is -2.65. The number of hydrogen-bond donors (Lipinski definition) is 0. The number of hydrogen-bond acceptors (Lipinski definition) is 6. The fourth-order valence-electron chi connectivity index (χ4n) is 5.20. The molecule has 0 N–H and O–H groups in total. The number of benzene rings is 2. The first-order chi connectivity index (χ1) is 16.1. The minimum absolute atomic E-state index is 0.287. The average molecular weight is 442 g/mol. The number of aryl methyl sites for hydroxylation is 1. The molecule has 2 aromatic heterocycles. The number of rotatable bonds is 4. The third-order valence-electron chi connectivity index (χ3n) is 6.92. The van der Waals surface area contributed by atoms with Crippen LogP contribution in [0.2, 0.25) is 0 Å². The number of halogens is 1. The van der Waals surface area contributed by atoms with Gasteiger partial charge in [-0.15, -0.1) is 0 Å². The van der Waals surface area contributed by atoms with Crippen molar-refractivity contribution in [2.24, 2.45) is 5.92 Å². The van der Waals surface area contributed by atoms with Crippen LogP contribution in [0.5, 0.6) is 0 Å². The van der Waals surface area contributed by atoms with E-state index in [1.54, 1.807) is 23.1 Å². The number of carbonyl (C=O) groups is 1. The Bertz CT molecular complexity index is 1350. The van der Waals surface area contributed by atoms with Crippen molar-refractivity contribution in [3.63, 3.8) is 0 Å². The van der Waals surface area contributed by atoms with E-state index in [1.807, 2.05) is 18.3 Å². The highest BCUT2D eigenvalue weighted by Crippen LogP contribution is 2.41. The van der Waals surface area contributed by atoms with Crippen molar-refractivity contribution in [3.05, 3.63) is 71.9 Å². The number of anilines is 2. The van der Waals surface area contributed by atoms with Crippen LogP contribution in [0.4, 0.5) is 15.9 Å². The summed E-state index contributed by atoms with van der Waals surface area (Å²) >= 11 is 0. The highest BCUT2D eigenvalue weighted by atomic mass is 19.1. The Balaban J connectivity index is 1.32. The van der Waals surface area contributed by atoms with E-state index in [4.69, 9.17) is 4.98 Å². The predicted octanol–water partition coefficient (Wildman–Crippen LogP) is 3.79.